The highest BCUT2D eigenvalue weighted by atomic mass is 16.5. The van der Waals surface area contributed by atoms with Gasteiger partial charge in [0.15, 0.2) is 5.92 Å². The smallest absolute Gasteiger partial charge is 0.335 e. The van der Waals surface area contributed by atoms with E-state index in [2.05, 4.69) is 9.73 Å². The van der Waals surface area contributed by atoms with Crippen LogP contribution in [-0.2, 0) is 14.3 Å². The molecule has 0 bridgehead atoms. The summed E-state index contributed by atoms with van der Waals surface area (Å²) in [5.41, 5.74) is 1.33. The standard InChI is InChI=1S/C15H13NO5/c1-8-12(15(20)21-2)13(17)11(16-8)7-9-3-5-10(6-4-9)14(18)19/h3-7,12H,1-2H3,(H,18,19)/b11-7+. The van der Waals surface area contributed by atoms with Gasteiger partial charge in [0.05, 0.1) is 12.7 Å². The maximum atomic E-state index is 12.1. The number of hydrogen-bond acceptors (Lipinski definition) is 5. The fraction of sp³-hybridized carbons (Fsp3) is 0.200. The highest BCUT2D eigenvalue weighted by molar-refractivity contribution is 6.28. The van der Waals surface area contributed by atoms with Gasteiger partial charge in [0.2, 0.25) is 5.78 Å². The van der Waals surface area contributed by atoms with Crippen LogP contribution < -0.4 is 0 Å². The number of ketones is 1. The molecule has 1 aliphatic heterocycles. The third-order valence-corrected chi connectivity index (χ3v) is 3.13. The summed E-state index contributed by atoms with van der Waals surface area (Å²) < 4.78 is 4.58. The van der Waals surface area contributed by atoms with Gasteiger partial charge in [0.25, 0.3) is 0 Å². The number of ether oxygens (including phenoxy) is 1. The lowest BCUT2D eigenvalue weighted by Crippen LogP contribution is -2.27. The fourth-order valence-electron chi connectivity index (χ4n) is 2.03. The number of hydrogen-bond donors (Lipinski definition) is 1. The van der Waals surface area contributed by atoms with Crippen LogP contribution in [0.1, 0.15) is 22.8 Å². The summed E-state index contributed by atoms with van der Waals surface area (Å²) in [6.07, 6.45) is 1.51. The number of carboxylic acids is 1. The van der Waals surface area contributed by atoms with E-state index in [1.54, 1.807) is 19.1 Å². The minimum atomic E-state index is -1.02. The number of Topliss-reactive ketones (excluding diaryl/α,β-unsaturated/α-hetero) is 1. The van der Waals surface area contributed by atoms with Crippen molar-refractivity contribution in [3.63, 3.8) is 0 Å². The predicted molar refractivity (Wildman–Crippen MR) is 75.0 cm³/mol. The van der Waals surface area contributed by atoms with Crippen LogP contribution in [0.5, 0.6) is 0 Å². The Hall–Kier alpha value is -2.76. The molecule has 0 fully saturated rings. The molecule has 0 radical (unpaired) electrons. The van der Waals surface area contributed by atoms with E-state index in [0.29, 0.717) is 11.3 Å². The summed E-state index contributed by atoms with van der Waals surface area (Å²) >= 11 is 0. The Morgan fingerprint density at radius 2 is 1.90 bits per heavy atom. The first kappa shape index (κ1) is 14.6. The Morgan fingerprint density at radius 1 is 1.29 bits per heavy atom. The van der Waals surface area contributed by atoms with Gasteiger partial charge in [-0.05, 0) is 30.7 Å². The number of aromatic carboxylic acids is 1. The van der Waals surface area contributed by atoms with Gasteiger partial charge in [-0.3, -0.25) is 14.6 Å². The molecular weight excluding hydrogens is 274 g/mol. The summed E-state index contributed by atoms with van der Waals surface area (Å²) in [4.78, 5) is 38.5. The van der Waals surface area contributed by atoms with Crippen molar-refractivity contribution in [1.29, 1.82) is 0 Å². The van der Waals surface area contributed by atoms with Gasteiger partial charge in [-0.15, -0.1) is 0 Å². The number of methoxy groups -OCH3 is 1. The number of benzene rings is 1. The summed E-state index contributed by atoms with van der Waals surface area (Å²) in [5, 5.41) is 8.82. The predicted octanol–water partition coefficient (Wildman–Crippen LogP) is 1.56. The van der Waals surface area contributed by atoms with Crippen LogP contribution >= 0.6 is 0 Å². The van der Waals surface area contributed by atoms with Gasteiger partial charge in [0.1, 0.15) is 5.70 Å². The molecule has 0 amide bonds. The third-order valence-electron chi connectivity index (χ3n) is 3.13. The van der Waals surface area contributed by atoms with E-state index in [4.69, 9.17) is 5.11 Å². The molecule has 1 atom stereocenters. The van der Waals surface area contributed by atoms with E-state index in [1.807, 2.05) is 0 Å². The molecule has 1 aromatic rings. The highest BCUT2D eigenvalue weighted by Crippen LogP contribution is 2.23. The molecule has 1 N–H and O–H groups in total. The quantitative estimate of drug-likeness (QED) is 0.517. The molecule has 6 nitrogen and oxygen atoms in total. The normalized spacial score (nSPS) is 19.5. The van der Waals surface area contributed by atoms with Crippen molar-refractivity contribution in [2.45, 2.75) is 6.92 Å². The summed E-state index contributed by atoms with van der Waals surface area (Å²) in [5.74, 6) is -3.06. The molecule has 2 rings (SSSR count). The van der Waals surface area contributed by atoms with Gasteiger partial charge >= 0.3 is 11.9 Å². The molecule has 1 unspecified atom stereocenters. The number of nitrogens with zero attached hydrogens (tertiary/aromatic N) is 1. The second-order valence-corrected chi connectivity index (χ2v) is 4.53. The van der Waals surface area contributed by atoms with E-state index in [9.17, 15) is 14.4 Å². The zero-order valence-corrected chi connectivity index (χ0v) is 11.5. The van der Waals surface area contributed by atoms with Crippen LogP contribution in [0.4, 0.5) is 0 Å². The Labute approximate surface area is 120 Å². The highest BCUT2D eigenvalue weighted by Gasteiger charge is 2.37. The molecule has 0 aromatic heterocycles. The number of allylic oxidation sites excluding steroid dienone is 1. The van der Waals surface area contributed by atoms with Crippen molar-refractivity contribution < 1.29 is 24.2 Å². The van der Waals surface area contributed by atoms with Crippen molar-refractivity contribution in [2.24, 2.45) is 10.9 Å². The molecular formula is C15H13NO5. The largest absolute Gasteiger partial charge is 0.478 e. The van der Waals surface area contributed by atoms with Crippen molar-refractivity contribution in [3.05, 3.63) is 41.1 Å². The number of aliphatic imine (C=N–C) groups is 1. The molecule has 0 spiro atoms. The Morgan fingerprint density at radius 3 is 2.43 bits per heavy atom. The van der Waals surface area contributed by atoms with Crippen LogP contribution in [0.2, 0.25) is 0 Å². The molecule has 6 heteroatoms. The first-order chi connectivity index (χ1) is 9.93. The third kappa shape index (κ3) is 2.89. The minimum Gasteiger partial charge on any atom is -0.478 e. The second-order valence-electron chi connectivity index (χ2n) is 4.53. The number of rotatable bonds is 3. The maximum absolute atomic E-state index is 12.1. The van der Waals surface area contributed by atoms with E-state index in [1.165, 1.54) is 25.3 Å². The van der Waals surface area contributed by atoms with Crippen LogP contribution in [0.3, 0.4) is 0 Å². The van der Waals surface area contributed by atoms with Crippen molar-refractivity contribution in [2.75, 3.05) is 7.11 Å². The van der Waals surface area contributed by atoms with Crippen LogP contribution in [0.15, 0.2) is 35.0 Å². The minimum absolute atomic E-state index is 0.155. The second kappa shape index (κ2) is 5.70. The molecule has 108 valence electrons. The van der Waals surface area contributed by atoms with Crippen LogP contribution in [0.25, 0.3) is 6.08 Å². The lowest BCUT2D eigenvalue weighted by molar-refractivity contribution is -0.145. The molecule has 1 aliphatic rings. The monoisotopic (exact) mass is 287 g/mol. The zero-order valence-electron chi connectivity index (χ0n) is 11.5. The number of carbonyl (C=O) groups excluding carboxylic acids is 2. The molecule has 21 heavy (non-hydrogen) atoms. The van der Waals surface area contributed by atoms with Gasteiger partial charge < -0.3 is 9.84 Å². The molecule has 0 aliphatic carbocycles. The molecule has 0 saturated heterocycles. The zero-order chi connectivity index (χ0) is 15.6. The fourth-order valence-corrected chi connectivity index (χ4v) is 2.03. The SMILES string of the molecule is COC(=O)C1C(=O)/C(=C\c2ccc(C(=O)O)cc2)N=C1C. The van der Waals surface area contributed by atoms with E-state index in [0.717, 1.165) is 0 Å². The number of carbonyl (C=O) groups is 3. The molecule has 1 heterocycles. The van der Waals surface area contributed by atoms with Gasteiger partial charge in [0, 0.05) is 5.71 Å². The van der Waals surface area contributed by atoms with E-state index < -0.39 is 23.6 Å². The van der Waals surface area contributed by atoms with Crippen LogP contribution in [0, 0.1) is 5.92 Å². The molecule has 1 aromatic carbocycles. The first-order valence-electron chi connectivity index (χ1n) is 6.16. The lowest BCUT2D eigenvalue weighted by atomic mass is 10.00. The Balaban J connectivity index is 2.28. The summed E-state index contributed by atoms with van der Waals surface area (Å²) in [6, 6.07) is 6.01. The number of carboxylic acid groups (broad SMARTS) is 1. The average molecular weight is 287 g/mol. The maximum Gasteiger partial charge on any atom is 0.335 e. The van der Waals surface area contributed by atoms with Gasteiger partial charge in [-0.1, -0.05) is 12.1 Å². The topological polar surface area (TPSA) is 93.0 Å². The Bertz CT molecular complexity index is 670. The van der Waals surface area contributed by atoms with Gasteiger partial charge in [-0.25, -0.2) is 4.79 Å². The van der Waals surface area contributed by atoms with Gasteiger partial charge in [-0.2, -0.15) is 0 Å². The first-order valence-corrected chi connectivity index (χ1v) is 6.16. The van der Waals surface area contributed by atoms with Crippen molar-refractivity contribution in [3.8, 4) is 0 Å². The lowest BCUT2D eigenvalue weighted by Gasteiger charge is -2.04. The summed E-state index contributed by atoms with van der Waals surface area (Å²) in [7, 11) is 1.22. The molecule has 0 saturated carbocycles. The van der Waals surface area contributed by atoms with Crippen molar-refractivity contribution in [1.82, 2.24) is 0 Å². The number of esters is 1. The van der Waals surface area contributed by atoms with E-state index in [-0.39, 0.29) is 11.3 Å². The summed E-state index contributed by atoms with van der Waals surface area (Å²) in [6.45, 7) is 1.59. The van der Waals surface area contributed by atoms with E-state index >= 15 is 0 Å². The Kier molecular flexibility index (Phi) is 3.98. The van der Waals surface area contributed by atoms with Crippen molar-refractivity contribution >= 4 is 29.5 Å². The van der Waals surface area contributed by atoms with Crippen LogP contribution in [-0.4, -0.2) is 35.6 Å². The average Bonchev–Trinajstić information content (AvgIpc) is 2.73.